The van der Waals surface area contributed by atoms with Gasteiger partial charge in [-0.15, -0.1) is 0 Å². The zero-order valence-corrected chi connectivity index (χ0v) is 16.4. The molecule has 0 unspecified atom stereocenters. The molecule has 0 spiro atoms. The zero-order valence-electron chi connectivity index (χ0n) is 16.4. The van der Waals surface area contributed by atoms with Crippen molar-refractivity contribution in [3.05, 3.63) is 34.2 Å². The van der Waals surface area contributed by atoms with E-state index in [1.54, 1.807) is 22.9 Å². The van der Waals surface area contributed by atoms with Gasteiger partial charge in [0.1, 0.15) is 0 Å². The van der Waals surface area contributed by atoms with E-state index in [1.165, 1.54) is 14.2 Å². The SMILES string of the molecule is CC[C@@H](C)NC(=O)c1cn(CC(C)C)c(=O)c2cc(OC)c(OC)cc12. The van der Waals surface area contributed by atoms with Crippen molar-refractivity contribution in [1.82, 2.24) is 9.88 Å². The molecule has 142 valence electrons. The number of amides is 1. The Labute approximate surface area is 154 Å². The van der Waals surface area contributed by atoms with E-state index in [4.69, 9.17) is 9.47 Å². The molecule has 0 saturated carbocycles. The summed E-state index contributed by atoms with van der Waals surface area (Å²) in [4.78, 5) is 25.8. The molecule has 0 aliphatic heterocycles. The summed E-state index contributed by atoms with van der Waals surface area (Å²) in [6, 6.07) is 3.39. The molecule has 6 heteroatoms. The standard InChI is InChI=1S/C20H28N2O4/c1-7-13(4)21-19(23)16-11-22(10-12(2)3)20(24)15-9-18(26-6)17(25-5)8-14(15)16/h8-9,11-13H,7,10H2,1-6H3,(H,21,23)/t13-/m1/s1. The molecule has 1 N–H and O–H groups in total. The number of rotatable bonds is 7. The van der Waals surface area contributed by atoms with Crippen LogP contribution in [-0.4, -0.2) is 30.7 Å². The van der Waals surface area contributed by atoms with Crippen LogP contribution >= 0.6 is 0 Å². The van der Waals surface area contributed by atoms with E-state index in [0.29, 0.717) is 34.4 Å². The van der Waals surface area contributed by atoms with Crippen LogP contribution < -0.4 is 20.3 Å². The predicted molar refractivity (Wildman–Crippen MR) is 103 cm³/mol. The van der Waals surface area contributed by atoms with Crippen LogP contribution in [-0.2, 0) is 6.54 Å². The lowest BCUT2D eigenvalue weighted by Crippen LogP contribution is -2.33. The molecule has 0 bridgehead atoms. The lowest BCUT2D eigenvalue weighted by atomic mass is 10.0. The van der Waals surface area contributed by atoms with E-state index in [0.717, 1.165) is 6.42 Å². The Morgan fingerprint density at radius 2 is 1.69 bits per heavy atom. The lowest BCUT2D eigenvalue weighted by Gasteiger charge is -2.17. The van der Waals surface area contributed by atoms with Crippen molar-refractivity contribution in [3.8, 4) is 11.5 Å². The number of benzene rings is 1. The van der Waals surface area contributed by atoms with Crippen LogP contribution in [0.3, 0.4) is 0 Å². The molecule has 0 saturated heterocycles. The molecular formula is C20H28N2O4. The monoisotopic (exact) mass is 360 g/mol. The number of methoxy groups -OCH3 is 2. The van der Waals surface area contributed by atoms with E-state index in [9.17, 15) is 9.59 Å². The highest BCUT2D eigenvalue weighted by molar-refractivity contribution is 6.07. The molecule has 0 radical (unpaired) electrons. The van der Waals surface area contributed by atoms with Crippen molar-refractivity contribution in [1.29, 1.82) is 0 Å². The summed E-state index contributed by atoms with van der Waals surface area (Å²) in [5.41, 5.74) is 0.316. The van der Waals surface area contributed by atoms with Crippen LogP contribution in [0.15, 0.2) is 23.1 Å². The fourth-order valence-electron chi connectivity index (χ4n) is 2.83. The van der Waals surface area contributed by atoms with Gasteiger partial charge < -0.3 is 19.4 Å². The Morgan fingerprint density at radius 1 is 1.12 bits per heavy atom. The molecule has 26 heavy (non-hydrogen) atoms. The van der Waals surface area contributed by atoms with Crippen LogP contribution in [0.2, 0.25) is 0 Å². The van der Waals surface area contributed by atoms with Gasteiger partial charge in [-0.1, -0.05) is 20.8 Å². The molecule has 1 aromatic heterocycles. The Bertz CT molecular complexity index is 855. The highest BCUT2D eigenvalue weighted by Crippen LogP contribution is 2.32. The number of pyridine rings is 1. The van der Waals surface area contributed by atoms with Crippen molar-refractivity contribution >= 4 is 16.7 Å². The summed E-state index contributed by atoms with van der Waals surface area (Å²) >= 11 is 0. The average molecular weight is 360 g/mol. The van der Waals surface area contributed by atoms with Gasteiger partial charge in [-0.25, -0.2) is 0 Å². The number of aromatic nitrogens is 1. The van der Waals surface area contributed by atoms with Gasteiger partial charge in [0, 0.05) is 24.2 Å². The third kappa shape index (κ3) is 4.00. The maximum absolute atomic E-state index is 12.9. The molecule has 0 aliphatic carbocycles. The number of fused-ring (bicyclic) bond motifs is 1. The van der Waals surface area contributed by atoms with Gasteiger partial charge in [-0.2, -0.15) is 0 Å². The first-order chi connectivity index (χ1) is 12.3. The van der Waals surface area contributed by atoms with Crippen LogP contribution in [0.5, 0.6) is 11.5 Å². The number of nitrogens with zero attached hydrogens (tertiary/aromatic N) is 1. The predicted octanol–water partition coefficient (Wildman–Crippen LogP) is 3.20. The summed E-state index contributed by atoms with van der Waals surface area (Å²) in [5.74, 6) is 1.02. The first kappa shape index (κ1) is 19.8. The topological polar surface area (TPSA) is 69.6 Å². The fraction of sp³-hybridized carbons (Fsp3) is 0.500. The molecule has 1 amide bonds. The van der Waals surface area contributed by atoms with Gasteiger partial charge in [0.2, 0.25) is 0 Å². The van der Waals surface area contributed by atoms with Crippen LogP contribution in [0, 0.1) is 5.92 Å². The number of nitrogens with one attached hydrogen (secondary N) is 1. The van der Waals surface area contributed by atoms with Gasteiger partial charge in [0.15, 0.2) is 11.5 Å². The fourth-order valence-corrected chi connectivity index (χ4v) is 2.83. The Hall–Kier alpha value is -2.50. The maximum atomic E-state index is 12.9. The molecule has 0 aliphatic rings. The highest BCUT2D eigenvalue weighted by Gasteiger charge is 2.19. The van der Waals surface area contributed by atoms with Gasteiger partial charge in [-0.3, -0.25) is 9.59 Å². The highest BCUT2D eigenvalue weighted by atomic mass is 16.5. The van der Waals surface area contributed by atoms with Crippen molar-refractivity contribution in [2.45, 2.75) is 46.7 Å². The number of hydrogen-bond donors (Lipinski definition) is 1. The number of hydrogen-bond acceptors (Lipinski definition) is 4. The second-order valence-electron chi connectivity index (χ2n) is 6.93. The first-order valence-electron chi connectivity index (χ1n) is 8.92. The summed E-state index contributed by atoms with van der Waals surface area (Å²) in [6.45, 7) is 8.56. The van der Waals surface area contributed by atoms with Crippen LogP contribution in [0.1, 0.15) is 44.5 Å². The molecule has 0 fully saturated rings. The Balaban J connectivity index is 2.76. The normalized spacial score (nSPS) is 12.3. The smallest absolute Gasteiger partial charge is 0.258 e. The van der Waals surface area contributed by atoms with Gasteiger partial charge in [0.05, 0.1) is 25.2 Å². The van der Waals surface area contributed by atoms with Crippen LogP contribution in [0.4, 0.5) is 0 Å². The maximum Gasteiger partial charge on any atom is 0.258 e. The average Bonchev–Trinajstić information content (AvgIpc) is 2.62. The summed E-state index contributed by atoms with van der Waals surface area (Å²) in [7, 11) is 3.05. The van der Waals surface area contributed by atoms with E-state index in [1.807, 2.05) is 27.7 Å². The van der Waals surface area contributed by atoms with Crippen molar-refractivity contribution in [3.63, 3.8) is 0 Å². The summed E-state index contributed by atoms with van der Waals surface area (Å²) in [5, 5.41) is 3.99. The number of ether oxygens (including phenoxy) is 2. The van der Waals surface area contributed by atoms with Crippen molar-refractivity contribution in [2.24, 2.45) is 5.92 Å². The van der Waals surface area contributed by atoms with Gasteiger partial charge in [-0.05, 0) is 31.4 Å². The van der Waals surface area contributed by atoms with Crippen molar-refractivity contribution in [2.75, 3.05) is 14.2 Å². The summed E-state index contributed by atoms with van der Waals surface area (Å²) in [6.07, 6.45) is 2.47. The van der Waals surface area contributed by atoms with Crippen LogP contribution in [0.25, 0.3) is 10.8 Å². The number of carbonyl (C=O) groups excluding carboxylic acids is 1. The minimum Gasteiger partial charge on any atom is -0.493 e. The molecule has 6 nitrogen and oxygen atoms in total. The largest absolute Gasteiger partial charge is 0.493 e. The molecule has 2 aromatic rings. The second-order valence-corrected chi connectivity index (χ2v) is 6.93. The Morgan fingerprint density at radius 3 is 2.19 bits per heavy atom. The van der Waals surface area contributed by atoms with E-state index in [-0.39, 0.29) is 23.4 Å². The first-order valence-corrected chi connectivity index (χ1v) is 8.92. The lowest BCUT2D eigenvalue weighted by molar-refractivity contribution is 0.0940. The zero-order chi connectivity index (χ0) is 19.4. The van der Waals surface area contributed by atoms with E-state index < -0.39 is 0 Å². The third-order valence-corrected chi connectivity index (χ3v) is 4.39. The number of carbonyl (C=O) groups is 1. The van der Waals surface area contributed by atoms with Gasteiger partial charge >= 0.3 is 0 Å². The van der Waals surface area contributed by atoms with E-state index in [2.05, 4.69) is 5.32 Å². The second kappa shape index (κ2) is 8.25. The minimum atomic E-state index is -0.200. The molecule has 1 heterocycles. The Kier molecular flexibility index (Phi) is 6.29. The van der Waals surface area contributed by atoms with Gasteiger partial charge in [0.25, 0.3) is 11.5 Å². The molecule has 2 rings (SSSR count). The molecule has 1 atom stereocenters. The third-order valence-electron chi connectivity index (χ3n) is 4.39. The van der Waals surface area contributed by atoms with E-state index >= 15 is 0 Å². The quantitative estimate of drug-likeness (QED) is 0.823. The van der Waals surface area contributed by atoms with Crippen molar-refractivity contribution < 1.29 is 14.3 Å². The summed E-state index contributed by atoms with van der Waals surface area (Å²) < 4.78 is 12.3. The molecule has 1 aromatic carbocycles. The minimum absolute atomic E-state index is 0.0446. The molecular weight excluding hydrogens is 332 g/mol.